The van der Waals surface area contributed by atoms with E-state index in [1.807, 2.05) is 24.3 Å². The number of rotatable bonds is 5. The predicted molar refractivity (Wildman–Crippen MR) is 89.7 cm³/mol. The lowest BCUT2D eigenvalue weighted by Gasteiger charge is -2.10. The average molecular weight is 311 g/mol. The number of nitrogens with one attached hydrogen (secondary N) is 2. The Morgan fingerprint density at radius 2 is 1.55 bits per heavy atom. The van der Waals surface area contributed by atoms with Gasteiger partial charge in [0.05, 0.1) is 0 Å². The van der Waals surface area contributed by atoms with Gasteiger partial charge in [0, 0.05) is 17.3 Å². The van der Waals surface area contributed by atoms with Gasteiger partial charge in [0.2, 0.25) is 0 Å². The van der Waals surface area contributed by atoms with Crippen molar-refractivity contribution in [1.29, 1.82) is 0 Å². The van der Waals surface area contributed by atoms with Crippen LogP contribution < -0.4 is 10.9 Å². The molecule has 0 aliphatic rings. The Kier molecular flexibility index (Phi) is 6.86. The molecule has 2 N–H and O–H groups in total. The Balaban J connectivity index is 0.00000200. The fourth-order valence-electron chi connectivity index (χ4n) is 1.80. The van der Waals surface area contributed by atoms with Crippen molar-refractivity contribution in [3.05, 3.63) is 64.7 Å². The maximum atomic E-state index is 5.85. The quantitative estimate of drug-likeness (QED) is 0.759. The Bertz CT molecular complexity index is 507. The van der Waals surface area contributed by atoms with Crippen molar-refractivity contribution >= 4 is 29.7 Å². The molecule has 2 rings (SSSR count). The van der Waals surface area contributed by atoms with Crippen LogP contribution in [-0.2, 0) is 6.54 Å². The summed E-state index contributed by atoms with van der Waals surface area (Å²) in [6.45, 7) is 5.14. The fourth-order valence-corrected chi connectivity index (χ4v) is 1.93. The Labute approximate surface area is 131 Å². The minimum atomic E-state index is 0. The van der Waals surface area contributed by atoms with Crippen molar-refractivity contribution in [3.8, 4) is 0 Å². The average Bonchev–Trinajstić information content (AvgIpc) is 2.41. The first kappa shape index (κ1) is 16.8. The molecular formula is C16H20Cl2N2. The predicted octanol–water partition coefficient (Wildman–Crippen LogP) is 5.00. The van der Waals surface area contributed by atoms with Gasteiger partial charge in [0.15, 0.2) is 0 Å². The van der Waals surface area contributed by atoms with Crippen molar-refractivity contribution < 1.29 is 0 Å². The lowest BCUT2D eigenvalue weighted by molar-refractivity contribution is 0.800. The van der Waals surface area contributed by atoms with E-state index in [1.165, 1.54) is 11.1 Å². The highest BCUT2D eigenvalue weighted by molar-refractivity contribution is 6.30. The molecule has 0 fully saturated rings. The summed E-state index contributed by atoms with van der Waals surface area (Å²) in [4.78, 5) is 0. The molecule has 0 unspecified atom stereocenters. The van der Waals surface area contributed by atoms with Crippen molar-refractivity contribution in [3.63, 3.8) is 0 Å². The lowest BCUT2D eigenvalue weighted by Crippen LogP contribution is -2.20. The van der Waals surface area contributed by atoms with Crippen molar-refractivity contribution in [1.82, 2.24) is 5.43 Å². The molecule has 0 amide bonds. The summed E-state index contributed by atoms with van der Waals surface area (Å²) in [5.74, 6) is 0.566. The fraction of sp³-hybridized carbons (Fsp3) is 0.250. The zero-order valence-electron chi connectivity index (χ0n) is 11.7. The standard InChI is InChI=1S/C16H19ClN2.ClH/c1-12(2)14-5-9-16(10-6-14)19-18-11-13-3-7-15(17)8-4-13;/h3-10,12,18-19H,11H2,1-2H3;1H. The normalized spacial score (nSPS) is 10.2. The molecule has 2 aromatic rings. The lowest BCUT2D eigenvalue weighted by atomic mass is 10.0. The summed E-state index contributed by atoms with van der Waals surface area (Å²) < 4.78 is 0. The van der Waals surface area contributed by atoms with Crippen LogP contribution in [0.4, 0.5) is 5.69 Å². The molecule has 0 saturated heterocycles. The van der Waals surface area contributed by atoms with Crippen LogP contribution in [0, 0.1) is 0 Å². The number of hydrazine groups is 1. The maximum Gasteiger partial charge on any atom is 0.0487 e. The Morgan fingerprint density at radius 1 is 0.950 bits per heavy atom. The highest BCUT2D eigenvalue weighted by Crippen LogP contribution is 2.16. The second kappa shape index (κ2) is 8.15. The monoisotopic (exact) mass is 310 g/mol. The summed E-state index contributed by atoms with van der Waals surface area (Å²) in [5.41, 5.74) is 9.99. The molecule has 2 aromatic carbocycles. The van der Waals surface area contributed by atoms with Crippen LogP contribution in [0.25, 0.3) is 0 Å². The first-order valence-corrected chi connectivity index (χ1v) is 6.86. The zero-order valence-corrected chi connectivity index (χ0v) is 13.3. The van der Waals surface area contributed by atoms with E-state index in [-0.39, 0.29) is 12.4 Å². The number of hydrogen-bond acceptors (Lipinski definition) is 2. The summed E-state index contributed by atoms with van der Waals surface area (Å²) in [5, 5.41) is 0.765. The van der Waals surface area contributed by atoms with Gasteiger partial charge in [-0.3, -0.25) is 0 Å². The van der Waals surface area contributed by atoms with Gasteiger partial charge in [-0.25, -0.2) is 5.43 Å². The van der Waals surface area contributed by atoms with E-state index in [4.69, 9.17) is 11.6 Å². The minimum absolute atomic E-state index is 0. The van der Waals surface area contributed by atoms with Crippen LogP contribution >= 0.6 is 24.0 Å². The smallest absolute Gasteiger partial charge is 0.0487 e. The molecule has 0 bridgehead atoms. The molecule has 0 radical (unpaired) electrons. The minimum Gasteiger partial charge on any atom is -0.321 e. The molecule has 0 aromatic heterocycles. The van der Waals surface area contributed by atoms with Gasteiger partial charge >= 0.3 is 0 Å². The maximum absolute atomic E-state index is 5.85. The molecule has 108 valence electrons. The zero-order chi connectivity index (χ0) is 13.7. The summed E-state index contributed by atoms with van der Waals surface area (Å²) >= 11 is 5.85. The van der Waals surface area contributed by atoms with Crippen molar-refractivity contribution in [2.75, 3.05) is 5.43 Å². The van der Waals surface area contributed by atoms with E-state index in [0.29, 0.717) is 5.92 Å². The first-order chi connectivity index (χ1) is 9.15. The summed E-state index contributed by atoms with van der Waals surface area (Å²) in [6.07, 6.45) is 0. The Morgan fingerprint density at radius 3 is 2.10 bits per heavy atom. The van der Waals surface area contributed by atoms with Gasteiger partial charge in [-0.1, -0.05) is 49.7 Å². The summed E-state index contributed by atoms with van der Waals surface area (Å²) in [7, 11) is 0. The molecule has 20 heavy (non-hydrogen) atoms. The molecule has 0 aliphatic carbocycles. The molecule has 0 saturated carbocycles. The number of halogens is 2. The first-order valence-electron chi connectivity index (χ1n) is 6.48. The topological polar surface area (TPSA) is 24.1 Å². The molecule has 0 aliphatic heterocycles. The van der Waals surface area contributed by atoms with E-state index >= 15 is 0 Å². The third-order valence-corrected chi connectivity index (χ3v) is 3.27. The summed E-state index contributed by atoms with van der Waals surface area (Å²) in [6, 6.07) is 16.3. The van der Waals surface area contributed by atoms with E-state index in [0.717, 1.165) is 17.3 Å². The number of benzene rings is 2. The van der Waals surface area contributed by atoms with Crippen LogP contribution in [0.1, 0.15) is 30.9 Å². The van der Waals surface area contributed by atoms with Gasteiger partial charge < -0.3 is 5.43 Å². The van der Waals surface area contributed by atoms with Gasteiger partial charge in [-0.05, 0) is 41.3 Å². The molecule has 0 heterocycles. The molecule has 0 atom stereocenters. The molecule has 2 nitrogen and oxygen atoms in total. The second-order valence-electron chi connectivity index (χ2n) is 4.88. The van der Waals surface area contributed by atoms with Crippen LogP contribution in [0.2, 0.25) is 5.02 Å². The number of anilines is 1. The van der Waals surface area contributed by atoms with Crippen molar-refractivity contribution in [2.24, 2.45) is 0 Å². The second-order valence-corrected chi connectivity index (χ2v) is 5.32. The van der Waals surface area contributed by atoms with Gasteiger partial charge in [-0.15, -0.1) is 12.4 Å². The van der Waals surface area contributed by atoms with Crippen LogP contribution in [0.15, 0.2) is 48.5 Å². The third kappa shape index (κ3) is 5.04. The van der Waals surface area contributed by atoms with E-state index < -0.39 is 0 Å². The van der Waals surface area contributed by atoms with E-state index in [1.54, 1.807) is 0 Å². The van der Waals surface area contributed by atoms with Crippen LogP contribution in [-0.4, -0.2) is 0 Å². The van der Waals surface area contributed by atoms with E-state index in [2.05, 4.69) is 49.0 Å². The van der Waals surface area contributed by atoms with E-state index in [9.17, 15) is 0 Å². The third-order valence-electron chi connectivity index (χ3n) is 3.02. The highest BCUT2D eigenvalue weighted by Gasteiger charge is 1.98. The highest BCUT2D eigenvalue weighted by atomic mass is 35.5. The molecule has 0 spiro atoms. The van der Waals surface area contributed by atoms with Crippen LogP contribution in [0.5, 0.6) is 0 Å². The SMILES string of the molecule is CC(C)c1ccc(NNCc2ccc(Cl)cc2)cc1.Cl. The molecule has 4 heteroatoms. The largest absolute Gasteiger partial charge is 0.321 e. The van der Waals surface area contributed by atoms with Gasteiger partial charge in [0.1, 0.15) is 0 Å². The van der Waals surface area contributed by atoms with Crippen molar-refractivity contribution in [2.45, 2.75) is 26.3 Å². The molecular weight excluding hydrogens is 291 g/mol. The number of hydrogen-bond donors (Lipinski definition) is 2. The van der Waals surface area contributed by atoms with Gasteiger partial charge in [0.25, 0.3) is 0 Å². The van der Waals surface area contributed by atoms with Crippen LogP contribution in [0.3, 0.4) is 0 Å². The Hall–Kier alpha value is -1.22. The van der Waals surface area contributed by atoms with Gasteiger partial charge in [-0.2, -0.15) is 0 Å².